The first-order valence-corrected chi connectivity index (χ1v) is 13.5. The molecule has 1 atom stereocenters. The molecule has 0 bridgehead atoms. The predicted octanol–water partition coefficient (Wildman–Crippen LogP) is 4.52. The molecule has 0 aliphatic heterocycles. The summed E-state index contributed by atoms with van der Waals surface area (Å²) < 4.78 is 22.5. The Balaban J connectivity index is 1.13. The lowest BCUT2D eigenvalue weighted by molar-refractivity contribution is 0.0926. The highest BCUT2D eigenvalue weighted by molar-refractivity contribution is 5.70. The van der Waals surface area contributed by atoms with Gasteiger partial charge in [0.2, 0.25) is 0 Å². The number of nitrogens with zero attached hydrogens (tertiary/aromatic N) is 1. The van der Waals surface area contributed by atoms with E-state index >= 15 is 0 Å². The first-order chi connectivity index (χ1) is 19.2. The van der Waals surface area contributed by atoms with Gasteiger partial charge in [-0.2, -0.15) is 0 Å². The molecule has 4 rings (SSSR count). The van der Waals surface area contributed by atoms with E-state index in [1.54, 1.807) is 17.0 Å². The van der Waals surface area contributed by atoms with Crippen molar-refractivity contribution in [3.63, 3.8) is 0 Å². The van der Waals surface area contributed by atoms with Gasteiger partial charge in [0.1, 0.15) is 36.6 Å². The summed E-state index contributed by atoms with van der Waals surface area (Å²) in [5.41, 5.74) is 1.01. The molecular formula is C31H38N2O6. The number of carbonyl (C=O) groups excluding carboxylic acids is 1. The van der Waals surface area contributed by atoms with E-state index in [9.17, 15) is 9.90 Å². The van der Waals surface area contributed by atoms with Crippen molar-refractivity contribution in [2.45, 2.75) is 25.5 Å². The second-order valence-corrected chi connectivity index (χ2v) is 9.60. The normalized spacial score (nSPS) is 13.5. The van der Waals surface area contributed by atoms with E-state index in [0.717, 1.165) is 23.8 Å². The van der Waals surface area contributed by atoms with Crippen molar-refractivity contribution in [1.29, 1.82) is 0 Å². The van der Waals surface area contributed by atoms with Crippen LogP contribution in [0.15, 0.2) is 84.9 Å². The van der Waals surface area contributed by atoms with Gasteiger partial charge in [0.25, 0.3) is 0 Å². The number of rotatable bonds is 17. The topological polar surface area (TPSA) is 89.5 Å². The average Bonchev–Trinajstić information content (AvgIpc) is 3.79. The van der Waals surface area contributed by atoms with E-state index in [-0.39, 0.29) is 6.61 Å². The first-order valence-electron chi connectivity index (χ1n) is 13.5. The van der Waals surface area contributed by atoms with Crippen LogP contribution in [-0.2, 0) is 11.3 Å². The molecule has 3 aromatic carbocycles. The molecule has 1 aliphatic rings. The van der Waals surface area contributed by atoms with E-state index < -0.39 is 12.2 Å². The van der Waals surface area contributed by atoms with Gasteiger partial charge in [0.05, 0.1) is 6.61 Å². The van der Waals surface area contributed by atoms with Crippen molar-refractivity contribution in [1.82, 2.24) is 10.2 Å². The molecule has 0 radical (unpaired) electrons. The lowest BCUT2D eigenvalue weighted by Crippen LogP contribution is -2.40. The van der Waals surface area contributed by atoms with Gasteiger partial charge >= 0.3 is 6.09 Å². The van der Waals surface area contributed by atoms with Gasteiger partial charge in [-0.25, -0.2) is 4.79 Å². The zero-order chi connectivity index (χ0) is 27.1. The van der Waals surface area contributed by atoms with Crippen molar-refractivity contribution in [2.24, 2.45) is 5.92 Å². The number of amides is 1. The largest absolute Gasteiger partial charge is 0.491 e. The van der Waals surface area contributed by atoms with Crippen LogP contribution in [0.4, 0.5) is 4.79 Å². The standard InChI is InChI=1S/C31H38N2O6/c34-27(24-38-29-15-13-28(14-16-29)37-20-19-36-23-26-11-12-26)21-32-17-18-33(22-25-7-3-1-4-8-25)31(35)39-30-9-5-2-6-10-30/h1-10,13-16,26-27,32,34H,11-12,17-24H2/t27-/m0/s1. The SMILES string of the molecule is O=C(Oc1ccccc1)N(CCNC[C@H](O)COc1ccc(OCCOCC2CC2)cc1)Cc1ccccc1. The maximum Gasteiger partial charge on any atom is 0.415 e. The summed E-state index contributed by atoms with van der Waals surface area (Å²) in [6.45, 7) is 3.75. The van der Waals surface area contributed by atoms with Crippen molar-refractivity contribution in [3.8, 4) is 17.2 Å². The third-order valence-corrected chi connectivity index (χ3v) is 6.17. The Morgan fingerprint density at radius 1 is 0.872 bits per heavy atom. The highest BCUT2D eigenvalue weighted by Gasteiger charge is 2.21. The molecule has 1 amide bonds. The van der Waals surface area contributed by atoms with Crippen LogP contribution in [0.1, 0.15) is 18.4 Å². The van der Waals surface area contributed by atoms with Crippen LogP contribution in [0.25, 0.3) is 0 Å². The molecule has 0 heterocycles. The highest BCUT2D eigenvalue weighted by Crippen LogP contribution is 2.28. The second-order valence-electron chi connectivity index (χ2n) is 9.60. The van der Waals surface area contributed by atoms with E-state index in [2.05, 4.69) is 5.32 Å². The summed E-state index contributed by atoms with van der Waals surface area (Å²) in [5.74, 6) is 2.66. The molecule has 0 saturated heterocycles. The van der Waals surface area contributed by atoms with E-state index in [4.69, 9.17) is 18.9 Å². The molecule has 1 saturated carbocycles. The molecule has 1 aliphatic carbocycles. The lowest BCUT2D eigenvalue weighted by atomic mass is 10.2. The quantitative estimate of drug-likeness (QED) is 0.246. The molecule has 0 aromatic heterocycles. The monoisotopic (exact) mass is 534 g/mol. The van der Waals surface area contributed by atoms with Crippen LogP contribution in [0.3, 0.4) is 0 Å². The molecule has 0 spiro atoms. The zero-order valence-corrected chi connectivity index (χ0v) is 22.2. The fraction of sp³-hybridized carbons (Fsp3) is 0.387. The van der Waals surface area contributed by atoms with Gasteiger partial charge in [0, 0.05) is 32.8 Å². The maximum absolute atomic E-state index is 12.8. The summed E-state index contributed by atoms with van der Waals surface area (Å²) in [5, 5.41) is 13.5. The summed E-state index contributed by atoms with van der Waals surface area (Å²) in [4.78, 5) is 14.5. The Bertz CT molecular complexity index is 1090. The summed E-state index contributed by atoms with van der Waals surface area (Å²) in [6.07, 6.45) is 1.44. The van der Waals surface area contributed by atoms with Crippen LogP contribution in [-0.4, -0.2) is 68.3 Å². The van der Waals surface area contributed by atoms with Crippen LogP contribution in [0.2, 0.25) is 0 Å². The smallest absolute Gasteiger partial charge is 0.415 e. The lowest BCUT2D eigenvalue weighted by Gasteiger charge is -2.23. The number of para-hydroxylation sites is 1. The van der Waals surface area contributed by atoms with E-state index in [0.29, 0.717) is 50.9 Å². The molecule has 2 N–H and O–H groups in total. The molecule has 39 heavy (non-hydrogen) atoms. The number of benzene rings is 3. The fourth-order valence-electron chi connectivity index (χ4n) is 3.81. The van der Waals surface area contributed by atoms with Crippen LogP contribution >= 0.6 is 0 Å². The number of hydrogen-bond acceptors (Lipinski definition) is 7. The summed E-state index contributed by atoms with van der Waals surface area (Å²) in [7, 11) is 0. The fourth-order valence-corrected chi connectivity index (χ4v) is 3.81. The van der Waals surface area contributed by atoms with Gasteiger partial charge < -0.3 is 34.3 Å². The van der Waals surface area contributed by atoms with E-state index in [1.807, 2.05) is 72.8 Å². The number of aliphatic hydroxyl groups is 1. The second kappa shape index (κ2) is 15.7. The maximum atomic E-state index is 12.8. The Labute approximate surface area is 230 Å². The Kier molecular flexibility index (Phi) is 11.5. The van der Waals surface area contributed by atoms with Crippen LogP contribution in [0, 0.1) is 5.92 Å². The van der Waals surface area contributed by atoms with Crippen LogP contribution in [0.5, 0.6) is 17.2 Å². The number of carbonyl (C=O) groups is 1. The van der Waals surface area contributed by atoms with Gasteiger partial charge in [0.15, 0.2) is 0 Å². The van der Waals surface area contributed by atoms with Gasteiger partial charge in [-0.05, 0) is 60.7 Å². The minimum Gasteiger partial charge on any atom is -0.491 e. The minimum absolute atomic E-state index is 0.145. The summed E-state index contributed by atoms with van der Waals surface area (Å²) >= 11 is 0. The molecule has 8 nitrogen and oxygen atoms in total. The molecule has 208 valence electrons. The Morgan fingerprint density at radius 3 is 2.23 bits per heavy atom. The number of nitrogens with one attached hydrogen (secondary N) is 1. The third-order valence-electron chi connectivity index (χ3n) is 6.17. The molecule has 3 aromatic rings. The van der Waals surface area contributed by atoms with Gasteiger partial charge in [-0.3, -0.25) is 0 Å². The summed E-state index contributed by atoms with van der Waals surface area (Å²) in [6, 6.07) is 26.1. The highest BCUT2D eigenvalue weighted by atomic mass is 16.6. The predicted molar refractivity (Wildman–Crippen MR) is 149 cm³/mol. The van der Waals surface area contributed by atoms with Gasteiger partial charge in [-0.1, -0.05) is 48.5 Å². The Morgan fingerprint density at radius 2 is 1.54 bits per heavy atom. The molecule has 8 heteroatoms. The first kappa shape index (κ1) is 28.4. The molecule has 1 fully saturated rings. The zero-order valence-electron chi connectivity index (χ0n) is 22.2. The minimum atomic E-state index is -0.705. The number of aliphatic hydroxyl groups excluding tert-OH is 1. The third kappa shape index (κ3) is 11.0. The van der Waals surface area contributed by atoms with Crippen molar-refractivity contribution < 1.29 is 28.8 Å². The van der Waals surface area contributed by atoms with Crippen LogP contribution < -0.4 is 19.5 Å². The van der Waals surface area contributed by atoms with Crippen molar-refractivity contribution in [2.75, 3.05) is 46.1 Å². The van der Waals surface area contributed by atoms with Gasteiger partial charge in [-0.15, -0.1) is 0 Å². The number of hydrogen-bond donors (Lipinski definition) is 2. The van der Waals surface area contributed by atoms with Crippen molar-refractivity contribution in [3.05, 3.63) is 90.5 Å². The average molecular weight is 535 g/mol. The Hall–Kier alpha value is -3.59. The molecular weight excluding hydrogens is 496 g/mol. The molecule has 0 unspecified atom stereocenters. The number of ether oxygens (including phenoxy) is 4. The van der Waals surface area contributed by atoms with E-state index in [1.165, 1.54) is 12.8 Å². The van der Waals surface area contributed by atoms with Crippen molar-refractivity contribution >= 4 is 6.09 Å².